The van der Waals surface area contributed by atoms with Crippen molar-refractivity contribution in [1.82, 2.24) is 16.0 Å². The smallest absolute Gasteiger partial charge is 0.322 e. The third kappa shape index (κ3) is 14.6. The van der Waals surface area contributed by atoms with E-state index in [1.165, 1.54) is 0 Å². The number of hydrogen-bond donors (Lipinski definition) is 9. The number of nitrogens with zero attached hydrogens (tertiary/aromatic N) is 1. The maximum absolute atomic E-state index is 12.8. The molecule has 0 aliphatic rings. The SMILES string of the molecule is NCCCCC(NC(=O)C(N)CCCN=C(N)N)C(=O)NC(CCC(=O)O)C(=O)NCC(=O)O. The zero-order valence-electron chi connectivity index (χ0n) is 19.0. The minimum Gasteiger partial charge on any atom is -0.481 e. The van der Waals surface area contributed by atoms with Crippen LogP contribution in [0, 0.1) is 0 Å². The van der Waals surface area contributed by atoms with Crippen molar-refractivity contribution in [2.75, 3.05) is 19.6 Å². The maximum atomic E-state index is 12.8. The molecule has 3 unspecified atom stereocenters. The molecule has 0 aromatic carbocycles. The van der Waals surface area contributed by atoms with E-state index in [2.05, 4.69) is 20.9 Å². The second-order valence-corrected chi connectivity index (χ2v) is 7.51. The van der Waals surface area contributed by atoms with Crippen molar-refractivity contribution in [2.24, 2.45) is 27.9 Å². The van der Waals surface area contributed by atoms with E-state index >= 15 is 0 Å². The number of amides is 3. The normalized spacial score (nSPS) is 13.1. The molecule has 0 saturated heterocycles. The van der Waals surface area contributed by atoms with Crippen LogP contribution in [0.1, 0.15) is 44.9 Å². The van der Waals surface area contributed by atoms with Gasteiger partial charge in [0.2, 0.25) is 17.7 Å². The Labute approximate surface area is 197 Å². The van der Waals surface area contributed by atoms with Gasteiger partial charge < -0.3 is 49.1 Å². The van der Waals surface area contributed by atoms with E-state index in [-0.39, 0.29) is 31.8 Å². The molecule has 0 fully saturated rings. The maximum Gasteiger partial charge on any atom is 0.322 e. The highest BCUT2D eigenvalue weighted by Crippen LogP contribution is 2.06. The molecular weight excluding hydrogens is 452 g/mol. The molecule has 0 aromatic rings. The molecule has 34 heavy (non-hydrogen) atoms. The highest BCUT2D eigenvalue weighted by molar-refractivity contribution is 5.93. The highest BCUT2D eigenvalue weighted by atomic mass is 16.4. The number of hydrogen-bond acceptors (Lipinski definition) is 8. The number of nitrogens with one attached hydrogen (secondary N) is 3. The monoisotopic (exact) mass is 488 g/mol. The topological polar surface area (TPSA) is 278 Å². The zero-order chi connectivity index (χ0) is 26.1. The van der Waals surface area contributed by atoms with Crippen LogP contribution in [0.5, 0.6) is 0 Å². The third-order valence-corrected chi connectivity index (χ3v) is 4.58. The van der Waals surface area contributed by atoms with Crippen molar-refractivity contribution in [3.8, 4) is 0 Å². The van der Waals surface area contributed by atoms with E-state index in [0.29, 0.717) is 25.8 Å². The number of carboxylic acid groups (broad SMARTS) is 2. The Morgan fingerprint density at radius 3 is 1.97 bits per heavy atom. The Bertz CT molecular complexity index is 727. The van der Waals surface area contributed by atoms with Crippen LogP contribution in [0.15, 0.2) is 4.99 Å². The van der Waals surface area contributed by atoms with Gasteiger partial charge in [0.25, 0.3) is 0 Å². The zero-order valence-corrected chi connectivity index (χ0v) is 19.0. The fourth-order valence-electron chi connectivity index (χ4n) is 2.79. The summed E-state index contributed by atoms with van der Waals surface area (Å²) in [4.78, 5) is 63.0. The number of guanidine groups is 1. The third-order valence-electron chi connectivity index (χ3n) is 4.58. The number of aliphatic carboxylic acids is 2. The molecular formula is C19H36N8O7. The van der Waals surface area contributed by atoms with Crippen molar-refractivity contribution >= 4 is 35.6 Å². The number of nitrogens with two attached hydrogens (primary N) is 4. The first kappa shape index (κ1) is 30.5. The lowest BCUT2D eigenvalue weighted by Crippen LogP contribution is -2.56. The van der Waals surface area contributed by atoms with Gasteiger partial charge in [0.05, 0.1) is 6.04 Å². The number of unbranched alkanes of at least 4 members (excludes halogenated alkanes) is 1. The van der Waals surface area contributed by atoms with Crippen molar-refractivity contribution < 1.29 is 34.2 Å². The van der Waals surface area contributed by atoms with Crippen LogP contribution in [-0.2, 0) is 24.0 Å². The summed E-state index contributed by atoms with van der Waals surface area (Å²) in [6.45, 7) is -0.0600. The average Bonchev–Trinajstić information content (AvgIpc) is 2.76. The lowest BCUT2D eigenvalue weighted by atomic mass is 10.0. The van der Waals surface area contributed by atoms with Crippen LogP contribution in [0.4, 0.5) is 0 Å². The summed E-state index contributed by atoms with van der Waals surface area (Å²) in [6.07, 6.45) is 1.20. The fraction of sp³-hybridized carbons (Fsp3) is 0.684. The van der Waals surface area contributed by atoms with Gasteiger partial charge in [-0.15, -0.1) is 0 Å². The largest absolute Gasteiger partial charge is 0.481 e. The molecule has 0 bridgehead atoms. The lowest BCUT2D eigenvalue weighted by molar-refractivity contribution is -0.140. The van der Waals surface area contributed by atoms with Crippen LogP contribution < -0.4 is 38.9 Å². The van der Waals surface area contributed by atoms with Crippen LogP contribution in [0.2, 0.25) is 0 Å². The molecule has 0 spiro atoms. The van der Waals surface area contributed by atoms with E-state index in [4.69, 9.17) is 33.1 Å². The van der Waals surface area contributed by atoms with Gasteiger partial charge >= 0.3 is 11.9 Å². The second kappa shape index (κ2) is 17.1. The summed E-state index contributed by atoms with van der Waals surface area (Å²) in [6, 6.07) is -3.33. The summed E-state index contributed by atoms with van der Waals surface area (Å²) in [5.41, 5.74) is 21.8. The predicted octanol–water partition coefficient (Wildman–Crippen LogP) is -3.47. The first-order valence-electron chi connectivity index (χ1n) is 10.8. The quantitative estimate of drug-likeness (QED) is 0.0519. The van der Waals surface area contributed by atoms with Gasteiger partial charge in [0.15, 0.2) is 5.96 Å². The van der Waals surface area contributed by atoms with Crippen LogP contribution in [0.3, 0.4) is 0 Å². The first-order chi connectivity index (χ1) is 16.0. The number of carbonyl (C=O) groups excluding carboxylic acids is 3. The Hall–Kier alpha value is -3.46. The van der Waals surface area contributed by atoms with Gasteiger partial charge in [-0.1, -0.05) is 0 Å². The number of carboxylic acids is 2. The first-order valence-corrected chi connectivity index (χ1v) is 10.8. The molecule has 0 heterocycles. The average molecular weight is 489 g/mol. The summed E-state index contributed by atoms with van der Waals surface area (Å²) in [5, 5.41) is 24.7. The van der Waals surface area contributed by atoms with Gasteiger partial charge in [-0.2, -0.15) is 0 Å². The number of carbonyl (C=O) groups is 5. The standard InChI is InChI=1S/C19H36N8O7/c20-8-2-1-5-12(26-16(32)11(21)4-3-9-24-19(22)23)18(34)27-13(6-7-14(28)29)17(33)25-10-15(30)31/h11-13H,1-10,20-21H2,(H,25,33)(H,26,32)(H,27,34)(H,28,29)(H,30,31)(H4,22,23,24). The number of aliphatic imine (C=N–C) groups is 1. The van der Waals surface area contributed by atoms with Crippen molar-refractivity contribution in [3.63, 3.8) is 0 Å². The molecule has 0 aliphatic heterocycles. The van der Waals surface area contributed by atoms with Crippen molar-refractivity contribution in [3.05, 3.63) is 0 Å². The van der Waals surface area contributed by atoms with E-state index in [1.54, 1.807) is 0 Å². The Kier molecular flexibility index (Phi) is 15.3. The second-order valence-electron chi connectivity index (χ2n) is 7.51. The minimum absolute atomic E-state index is 0.0838. The van der Waals surface area contributed by atoms with Crippen molar-refractivity contribution in [2.45, 2.75) is 63.1 Å². The minimum atomic E-state index is -1.31. The number of rotatable bonds is 18. The van der Waals surface area contributed by atoms with Gasteiger partial charge in [0.1, 0.15) is 18.6 Å². The Balaban J connectivity index is 5.22. The fourth-order valence-corrected chi connectivity index (χ4v) is 2.79. The summed E-state index contributed by atoms with van der Waals surface area (Å²) < 4.78 is 0. The predicted molar refractivity (Wildman–Crippen MR) is 122 cm³/mol. The molecule has 15 heteroatoms. The van der Waals surface area contributed by atoms with E-state index in [9.17, 15) is 24.0 Å². The molecule has 13 N–H and O–H groups in total. The Morgan fingerprint density at radius 2 is 1.41 bits per heavy atom. The molecule has 3 amide bonds. The summed E-state index contributed by atoms with van der Waals surface area (Å²) in [7, 11) is 0. The van der Waals surface area contributed by atoms with Gasteiger partial charge in [-0.05, 0) is 45.1 Å². The lowest BCUT2D eigenvalue weighted by Gasteiger charge is -2.24. The van der Waals surface area contributed by atoms with Gasteiger partial charge in [-0.25, -0.2) is 0 Å². The molecule has 15 nitrogen and oxygen atoms in total. The molecule has 0 radical (unpaired) electrons. The molecule has 194 valence electrons. The highest BCUT2D eigenvalue weighted by Gasteiger charge is 2.28. The van der Waals surface area contributed by atoms with Crippen LogP contribution in [0.25, 0.3) is 0 Å². The molecule has 0 saturated carbocycles. The molecule has 3 atom stereocenters. The van der Waals surface area contributed by atoms with Crippen LogP contribution in [-0.4, -0.2) is 83.6 Å². The molecule has 0 aromatic heterocycles. The Morgan fingerprint density at radius 1 is 0.794 bits per heavy atom. The molecule has 0 rings (SSSR count). The summed E-state index contributed by atoms with van der Waals surface area (Å²) in [5.74, 6) is -4.80. The van der Waals surface area contributed by atoms with E-state index < -0.39 is 60.8 Å². The van der Waals surface area contributed by atoms with E-state index in [0.717, 1.165) is 0 Å². The summed E-state index contributed by atoms with van der Waals surface area (Å²) >= 11 is 0. The van der Waals surface area contributed by atoms with E-state index in [1.807, 2.05) is 0 Å². The van der Waals surface area contributed by atoms with Crippen molar-refractivity contribution in [1.29, 1.82) is 0 Å². The van der Waals surface area contributed by atoms with Gasteiger partial charge in [-0.3, -0.25) is 29.0 Å². The molecule has 0 aliphatic carbocycles. The van der Waals surface area contributed by atoms with Gasteiger partial charge in [0, 0.05) is 13.0 Å². The van der Waals surface area contributed by atoms with Crippen LogP contribution >= 0.6 is 0 Å².